The lowest BCUT2D eigenvalue weighted by Crippen LogP contribution is -2.74. The first-order valence-corrected chi connectivity index (χ1v) is 12.7. The van der Waals surface area contributed by atoms with E-state index in [2.05, 4.69) is 30.2 Å². The number of para-hydroxylation sites is 1. The van der Waals surface area contributed by atoms with Crippen LogP contribution in [-0.2, 0) is 0 Å². The van der Waals surface area contributed by atoms with E-state index in [1.165, 1.54) is 42.4 Å². The topological polar surface area (TPSA) is 98.3 Å². The van der Waals surface area contributed by atoms with Crippen LogP contribution in [0.2, 0.25) is 10.0 Å². The number of rotatable bonds is 8. The predicted molar refractivity (Wildman–Crippen MR) is 149 cm³/mol. The van der Waals surface area contributed by atoms with Crippen LogP contribution in [0.15, 0.2) is 81.8 Å². The summed E-state index contributed by atoms with van der Waals surface area (Å²) in [7, 11) is 0. The summed E-state index contributed by atoms with van der Waals surface area (Å²) in [6.07, 6.45) is -1.78. The Bertz CT molecular complexity index is 1320. The van der Waals surface area contributed by atoms with Gasteiger partial charge in [0, 0.05) is 5.56 Å². The first-order chi connectivity index (χ1) is 18.1. The number of ether oxygens (including phenoxy) is 1. The molecule has 0 fully saturated rings. The average molecular weight is 582 g/mol. The second kappa shape index (κ2) is 13.8. The maximum absolute atomic E-state index is 12.2. The van der Waals surface area contributed by atoms with Crippen molar-refractivity contribution in [2.75, 3.05) is 5.75 Å². The highest BCUT2D eigenvalue weighted by molar-refractivity contribution is 8.13. The molecule has 7 nitrogen and oxygen atoms in total. The number of alkyl halides is 3. The number of nitrogens with two attached hydrogens (primary N) is 1. The SMILES string of the molecule is CCSC(=Nc1c(Cl)cccc1Cl)N/N=C/c1ccc(C(N)=[NH+]C=Nc2ccc(OC(F)(F)F)cc2)cc1. The highest BCUT2D eigenvalue weighted by Gasteiger charge is 2.30. The van der Waals surface area contributed by atoms with Crippen molar-refractivity contribution in [3.63, 3.8) is 0 Å². The Morgan fingerprint density at radius 2 is 1.71 bits per heavy atom. The summed E-state index contributed by atoms with van der Waals surface area (Å²) in [6.45, 7) is 1.99. The third-order valence-corrected chi connectivity index (χ3v) is 5.89. The van der Waals surface area contributed by atoms with Crippen molar-refractivity contribution < 1.29 is 22.9 Å². The zero-order valence-electron chi connectivity index (χ0n) is 19.8. The number of nitrogen functional groups attached to an aromatic ring is 1. The smallest absolute Gasteiger partial charge is 0.406 e. The third-order valence-electron chi connectivity index (χ3n) is 4.53. The maximum atomic E-state index is 12.2. The largest absolute Gasteiger partial charge is 0.573 e. The Hall–Kier alpha value is -3.54. The van der Waals surface area contributed by atoms with Gasteiger partial charge in [-0.25, -0.2) is 9.98 Å². The van der Waals surface area contributed by atoms with Crippen LogP contribution in [0.5, 0.6) is 5.75 Å². The molecule has 0 amide bonds. The van der Waals surface area contributed by atoms with Gasteiger partial charge in [0.1, 0.15) is 17.1 Å². The van der Waals surface area contributed by atoms with Crippen LogP contribution >= 0.6 is 35.0 Å². The molecule has 3 aromatic rings. The Labute approximate surface area is 231 Å². The average Bonchev–Trinajstić information content (AvgIpc) is 2.87. The van der Waals surface area contributed by atoms with Gasteiger partial charge in [0.25, 0.3) is 0 Å². The van der Waals surface area contributed by atoms with Crippen LogP contribution in [0.3, 0.4) is 0 Å². The quantitative estimate of drug-likeness (QED) is 0.188. The summed E-state index contributed by atoms with van der Waals surface area (Å²) in [4.78, 5) is 11.4. The first-order valence-electron chi connectivity index (χ1n) is 11.0. The predicted octanol–water partition coefficient (Wildman–Crippen LogP) is 5.40. The Balaban J connectivity index is 1.60. The Morgan fingerprint density at radius 3 is 2.32 bits per heavy atom. The molecule has 0 bridgehead atoms. The molecule has 13 heteroatoms. The number of thioether (sulfide) groups is 1. The summed E-state index contributed by atoms with van der Waals surface area (Å²) >= 11 is 13.9. The molecule has 0 saturated carbocycles. The summed E-state index contributed by atoms with van der Waals surface area (Å²) < 4.78 is 40.5. The van der Waals surface area contributed by atoms with Gasteiger partial charge in [0.05, 0.1) is 16.3 Å². The molecule has 4 N–H and O–H groups in total. The van der Waals surface area contributed by atoms with Crippen LogP contribution in [0.1, 0.15) is 18.1 Å². The van der Waals surface area contributed by atoms with Crippen LogP contribution in [0.4, 0.5) is 24.5 Å². The van der Waals surface area contributed by atoms with E-state index in [4.69, 9.17) is 28.9 Å². The summed E-state index contributed by atoms with van der Waals surface area (Å²) in [5.74, 6) is 0.770. The number of hydrogen-bond donors (Lipinski definition) is 3. The maximum Gasteiger partial charge on any atom is 0.573 e. The van der Waals surface area contributed by atoms with Gasteiger partial charge in [-0.15, -0.1) is 18.2 Å². The van der Waals surface area contributed by atoms with Crippen molar-refractivity contribution in [1.82, 2.24) is 5.43 Å². The first kappa shape index (κ1) is 29.0. The molecule has 0 heterocycles. The minimum atomic E-state index is -4.75. The molecule has 38 heavy (non-hydrogen) atoms. The molecule has 0 radical (unpaired) electrons. The molecule has 0 aliphatic heterocycles. The second-order valence-corrected chi connectivity index (χ2v) is 9.34. The molecule has 0 aliphatic carbocycles. The van der Waals surface area contributed by atoms with Gasteiger partial charge in [-0.05, 0) is 59.8 Å². The van der Waals surface area contributed by atoms with Gasteiger partial charge >= 0.3 is 6.36 Å². The molecule has 3 rings (SSSR count). The van der Waals surface area contributed by atoms with Crippen LogP contribution < -0.4 is 20.9 Å². The number of hydrazone groups is 1. The summed E-state index contributed by atoms with van der Waals surface area (Å²) in [5, 5.41) is 5.66. The van der Waals surface area contributed by atoms with Crippen LogP contribution in [-0.4, -0.2) is 35.7 Å². The molecular weight excluding hydrogens is 560 g/mol. The lowest BCUT2D eigenvalue weighted by molar-refractivity contribution is -0.303. The minimum Gasteiger partial charge on any atom is -0.406 e. The molecule has 0 atom stereocenters. The fraction of sp³-hybridized carbons (Fsp3) is 0.120. The van der Waals surface area contributed by atoms with E-state index in [0.29, 0.717) is 38.0 Å². The molecule has 0 spiro atoms. The number of nitrogens with zero attached hydrogens (tertiary/aromatic N) is 3. The third kappa shape index (κ3) is 9.40. The molecular formula is C25H22Cl2F3N6OS+. The fourth-order valence-corrected chi connectivity index (χ4v) is 3.86. The number of amidine groups is 2. The summed E-state index contributed by atoms with van der Waals surface area (Å²) in [5.41, 5.74) is 11.4. The second-order valence-electron chi connectivity index (χ2n) is 7.27. The van der Waals surface area contributed by atoms with Gasteiger partial charge in [0.15, 0.2) is 5.17 Å². The number of benzene rings is 3. The number of halogens is 5. The molecule has 3 aromatic carbocycles. The van der Waals surface area contributed by atoms with E-state index >= 15 is 0 Å². The minimum absolute atomic E-state index is 0.327. The normalized spacial score (nSPS) is 12.9. The van der Waals surface area contributed by atoms with E-state index in [1.54, 1.807) is 36.5 Å². The van der Waals surface area contributed by atoms with Crippen molar-refractivity contribution in [2.45, 2.75) is 13.3 Å². The van der Waals surface area contributed by atoms with Gasteiger partial charge < -0.3 is 10.5 Å². The van der Waals surface area contributed by atoms with Gasteiger partial charge in [-0.3, -0.25) is 5.43 Å². The van der Waals surface area contributed by atoms with Crippen molar-refractivity contribution in [2.24, 2.45) is 20.8 Å². The summed E-state index contributed by atoms with van der Waals surface area (Å²) in [6, 6.07) is 17.5. The van der Waals surface area contributed by atoms with Crippen molar-refractivity contribution >= 4 is 69.9 Å². The number of hydrogen-bond acceptors (Lipinski definition) is 5. The van der Waals surface area contributed by atoms with Crippen molar-refractivity contribution in [1.29, 1.82) is 0 Å². The van der Waals surface area contributed by atoms with Crippen molar-refractivity contribution in [3.8, 4) is 5.75 Å². The van der Waals surface area contributed by atoms with Gasteiger partial charge in [0.2, 0.25) is 12.2 Å². The van der Waals surface area contributed by atoms with Gasteiger partial charge in [-0.2, -0.15) is 5.10 Å². The molecule has 0 saturated heterocycles. The zero-order valence-corrected chi connectivity index (χ0v) is 22.2. The van der Waals surface area contributed by atoms with Gasteiger partial charge in [-0.1, -0.05) is 60.1 Å². The molecule has 0 aliphatic rings. The standard InChI is InChI=1S/C25H21Cl2F3N6OS/c1-2-38-24(35-22-20(26)4-3-5-21(22)27)36-34-14-16-6-8-17(9-7-16)23(31)33-15-32-18-10-12-19(13-11-18)37-25(28,29)30/h3-15H,2H2,1H3,(H,35,36)(H2,31,32,33)/p+1/b34-14+. The number of aliphatic imine (C=N–C) groups is 2. The van der Waals surface area contributed by atoms with Crippen molar-refractivity contribution in [3.05, 3.63) is 87.9 Å². The fourth-order valence-electron chi connectivity index (χ4n) is 2.83. The lowest BCUT2D eigenvalue weighted by atomic mass is 10.1. The lowest BCUT2D eigenvalue weighted by Gasteiger charge is -2.07. The Morgan fingerprint density at radius 1 is 1.05 bits per heavy atom. The monoisotopic (exact) mass is 581 g/mol. The van der Waals surface area contributed by atoms with E-state index < -0.39 is 6.36 Å². The van der Waals surface area contributed by atoms with Crippen LogP contribution in [0.25, 0.3) is 0 Å². The van der Waals surface area contributed by atoms with E-state index in [9.17, 15) is 13.2 Å². The number of nitrogens with one attached hydrogen (secondary N) is 2. The highest BCUT2D eigenvalue weighted by Crippen LogP contribution is 2.33. The molecule has 0 unspecified atom stereocenters. The molecule has 0 aromatic heterocycles. The van der Waals surface area contributed by atoms with E-state index in [-0.39, 0.29) is 5.75 Å². The van der Waals surface area contributed by atoms with Crippen LogP contribution in [0, 0.1) is 0 Å². The van der Waals surface area contributed by atoms with E-state index in [0.717, 1.165) is 11.3 Å². The molecule has 198 valence electrons. The van der Waals surface area contributed by atoms with E-state index in [1.807, 2.05) is 19.1 Å². The Kier molecular flexibility index (Phi) is 10.6. The highest BCUT2D eigenvalue weighted by atomic mass is 35.5. The zero-order chi connectivity index (χ0) is 27.5.